The number of carbonyl (C=O) groups is 1. The normalized spacial score (nSPS) is 13.4. The highest BCUT2D eigenvalue weighted by Gasteiger charge is 2.27. The summed E-state index contributed by atoms with van der Waals surface area (Å²) < 4.78 is 26.1. The second-order valence-electron chi connectivity index (χ2n) is 2.70. The molecule has 0 aromatic rings. The molecule has 1 N–H and O–H groups in total. The molecule has 0 aliphatic heterocycles. The number of rotatable bonds is 9. The number of phosphoric acid groups is 1. The fourth-order valence-corrected chi connectivity index (χ4v) is 1.99. The highest BCUT2D eigenvalue weighted by Crippen LogP contribution is 2.49. The van der Waals surface area contributed by atoms with E-state index in [1.165, 1.54) is 0 Å². The fourth-order valence-electron chi connectivity index (χ4n) is 0.808. The van der Waals surface area contributed by atoms with Crippen LogP contribution in [-0.2, 0) is 22.9 Å². The van der Waals surface area contributed by atoms with E-state index in [9.17, 15) is 14.5 Å². The largest absolute Gasteiger partial charge is 0.474 e. The third-order valence-electron chi connectivity index (χ3n) is 1.49. The van der Waals surface area contributed by atoms with E-state index in [1.54, 1.807) is 13.8 Å². The number of aliphatic hydroxyl groups is 1. The standard InChI is InChI=1S/C9H17O6P/c1-4-8(10)9(11)7-15-16(12,13-5-2)14-6-3/h4,9,11H,1,5-7H2,2-3H3. The Morgan fingerprint density at radius 2 is 1.88 bits per heavy atom. The molecule has 0 spiro atoms. The molecule has 1 unspecified atom stereocenters. The maximum Gasteiger partial charge on any atom is 0.474 e. The molecule has 0 amide bonds. The van der Waals surface area contributed by atoms with Crippen LogP contribution in [0.2, 0.25) is 0 Å². The molecule has 0 radical (unpaired) electrons. The molecule has 0 saturated carbocycles. The van der Waals surface area contributed by atoms with Crippen molar-refractivity contribution in [3.63, 3.8) is 0 Å². The molecule has 1 atom stereocenters. The van der Waals surface area contributed by atoms with Gasteiger partial charge in [0.15, 0.2) is 5.78 Å². The minimum atomic E-state index is -3.67. The molecule has 0 aliphatic carbocycles. The second-order valence-corrected chi connectivity index (χ2v) is 4.37. The first-order valence-corrected chi connectivity index (χ1v) is 6.33. The molecule has 6 nitrogen and oxygen atoms in total. The Morgan fingerprint density at radius 1 is 1.38 bits per heavy atom. The lowest BCUT2D eigenvalue weighted by Crippen LogP contribution is -2.24. The number of phosphoric ester groups is 1. The van der Waals surface area contributed by atoms with Crippen LogP contribution in [0.15, 0.2) is 12.7 Å². The van der Waals surface area contributed by atoms with Crippen LogP contribution >= 0.6 is 7.82 Å². The molecule has 0 saturated heterocycles. The predicted octanol–water partition coefficient (Wildman–Crippen LogP) is 1.30. The first kappa shape index (κ1) is 15.5. The summed E-state index contributed by atoms with van der Waals surface area (Å²) in [6.45, 7) is 6.28. The van der Waals surface area contributed by atoms with Gasteiger partial charge in [-0.1, -0.05) is 6.58 Å². The van der Waals surface area contributed by atoms with Gasteiger partial charge in [0.05, 0.1) is 19.8 Å². The molecular weight excluding hydrogens is 235 g/mol. The highest BCUT2D eigenvalue weighted by atomic mass is 31.2. The Hall–Kier alpha value is -0.520. The Morgan fingerprint density at radius 3 is 2.25 bits per heavy atom. The zero-order valence-electron chi connectivity index (χ0n) is 9.42. The van der Waals surface area contributed by atoms with Gasteiger partial charge in [0.2, 0.25) is 0 Å². The molecule has 0 aromatic carbocycles. The van der Waals surface area contributed by atoms with Crippen molar-refractivity contribution in [1.29, 1.82) is 0 Å². The summed E-state index contributed by atoms with van der Waals surface area (Å²) in [5.74, 6) is -0.612. The third kappa shape index (κ3) is 5.53. The Labute approximate surface area is 94.8 Å². The minimum absolute atomic E-state index is 0.142. The first-order valence-electron chi connectivity index (χ1n) is 4.87. The zero-order valence-corrected chi connectivity index (χ0v) is 10.3. The Kier molecular flexibility index (Phi) is 7.45. The van der Waals surface area contributed by atoms with Crippen molar-refractivity contribution in [1.82, 2.24) is 0 Å². The van der Waals surface area contributed by atoms with E-state index in [0.717, 1.165) is 6.08 Å². The molecular formula is C9H17O6P. The summed E-state index contributed by atoms with van der Waals surface area (Å²) >= 11 is 0. The average Bonchev–Trinajstić information content (AvgIpc) is 2.25. The van der Waals surface area contributed by atoms with Gasteiger partial charge >= 0.3 is 7.82 Å². The van der Waals surface area contributed by atoms with E-state index in [0.29, 0.717) is 0 Å². The molecule has 0 rings (SSSR count). The van der Waals surface area contributed by atoms with Crippen molar-refractivity contribution in [2.24, 2.45) is 0 Å². The monoisotopic (exact) mass is 252 g/mol. The molecule has 16 heavy (non-hydrogen) atoms. The van der Waals surface area contributed by atoms with Gasteiger partial charge in [-0.2, -0.15) is 0 Å². The van der Waals surface area contributed by atoms with E-state index in [1.807, 2.05) is 0 Å². The molecule has 7 heteroatoms. The van der Waals surface area contributed by atoms with Crippen molar-refractivity contribution < 1.29 is 28.0 Å². The van der Waals surface area contributed by atoms with Crippen LogP contribution in [0.1, 0.15) is 13.8 Å². The van der Waals surface area contributed by atoms with Gasteiger partial charge in [0, 0.05) is 0 Å². The lowest BCUT2D eigenvalue weighted by molar-refractivity contribution is -0.123. The maximum atomic E-state index is 11.7. The van der Waals surface area contributed by atoms with Gasteiger partial charge in [0.25, 0.3) is 0 Å². The van der Waals surface area contributed by atoms with E-state index in [-0.39, 0.29) is 13.2 Å². The smallest absolute Gasteiger partial charge is 0.382 e. The number of hydrogen-bond donors (Lipinski definition) is 1. The van der Waals surface area contributed by atoms with Gasteiger partial charge in [-0.25, -0.2) is 4.57 Å². The number of aliphatic hydroxyl groups excluding tert-OH is 1. The summed E-state index contributed by atoms with van der Waals surface area (Å²) in [6.07, 6.45) is -0.452. The van der Waals surface area contributed by atoms with Crippen molar-refractivity contribution in [3.8, 4) is 0 Å². The second kappa shape index (κ2) is 7.70. The molecule has 0 bridgehead atoms. The van der Waals surface area contributed by atoms with E-state index in [2.05, 4.69) is 6.58 Å². The SMILES string of the molecule is C=CC(=O)C(O)COP(=O)(OCC)OCC. The first-order chi connectivity index (χ1) is 7.49. The summed E-state index contributed by atoms with van der Waals surface area (Å²) in [5.41, 5.74) is 0. The van der Waals surface area contributed by atoms with E-state index >= 15 is 0 Å². The third-order valence-corrected chi connectivity index (χ3v) is 3.11. The van der Waals surface area contributed by atoms with E-state index < -0.39 is 26.3 Å². The molecule has 0 fully saturated rings. The Balaban J connectivity index is 4.26. The zero-order chi connectivity index (χ0) is 12.6. The molecule has 0 aromatic heterocycles. The van der Waals surface area contributed by atoms with Crippen LogP contribution in [0.4, 0.5) is 0 Å². The van der Waals surface area contributed by atoms with Crippen molar-refractivity contribution in [2.75, 3.05) is 19.8 Å². The van der Waals surface area contributed by atoms with Crippen LogP contribution in [-0.4, -0.2) is 36.8 Å². The quantitative estimate of drug-likeness (QED) is 0.492. The van der Waals surface area contributed by atoms with Crippen molar-refractivity contribution in [3.05, 3.63) is 12.7 Å². The molecule has 94 valence electrons. The van der Waals surface area contributed by atoms with Gasteiger partial charge < -0.3 is 5.11 Å². The van der Waals surface area contributed by atoms with Crippen LogP contribution in [0, 0.1) is 0 Å². The maximum absolute atomic E-state index is 11.7. The van der Waals surface area contributed by atoms with Crippen LogP contribution in [0.3, 0.4) is 0 Å². The van der Waals surface area contributed by atoms with Crippen LogP contribution < -0.4 is 0 Å². The van der Waals surface area contributed by atoms with Crippen molar-refractivity contribution >= 4 is 13.6 Å². The van der Waals surface area contributed by atoms with Crippen LogP contribution in [0.25, 0.3) is 0 Å². The predicted molar refractivity (Wildman–Crippen MR) is 58.0 cm³/mol. The minimum Gasteiger partial charge on any atom is -0.382 e. The number of ketones is 1. The topological polar surface area (TPSA) is 82.1 Å². The molecule has 0 heterocycles. The number of hydrogen-bond acceptors (Lipinski definition) is 6. The lowest BCUT2D eigenvalue weighted by Gasteiger charge is -2.17. The fraction of sp³-hybridized carbons (Fsp3) is 0.667. The Bertz CT molecular complexity index is 267. The molecule has 0 aliphatic rings. The number of carbonyl (C=O) groups excluding carboxylic acids is 1. The average molecular weight is 252 g/mol. The summed E-state index contributed by atoms with van der Waals surface area (Å²) in [4.78, 5) is 10.9. The van der Waals surface area contributed by atoms with E-state index in [4.69, 9.17) is 13.6 Å². The van der Waals surface area contributed by atoms with Gasteiger partial charge in [-0.15, -0.1) is 0 Å². The van der Waals surface area contributed by atoms with Crippen molar-refractivity contribution in [2.45, 2.75) is 20.0 Å². The summed E-state index contributed by atoms with van der Waals surface area (Å²) in [7, 11) is -3.67. The highest BCUT2D eigenvalue weighted by molar-refractivity contribution is 7.48. The summed E-state index contributed by atoms with van der Waals surface area (Å²) in [6, 6.07) is 0. The van der Waals surface area contributed by atoms with Gasteiger partial charge in [-0.3, -0.25) is 18.4 Å². The lowest BCUT2D eigenvalue weighted by atomic mass is 10.2. The van der Waals surface area contributed by atoms with Gasteiger partial charge in [0.1, 0.15) is 6.10 Å². The van der Waals surface area contributed by atoms with Crippen LogP contribution in [0.5, 0.6) is 0 Å². The summed E-state index contributed by atoms with van der Waals surface area (Å²) in [5, 5.41) is 9.24. The van der Waals surface area contributed by atoms with Gasteiger partial charge in [-0.05, 0) is 19.9 Å².